The molecular formula is C15H22Cl2N2. The first-order valence-corrected chi connectivity index (χ1v) is 7.67. The third kappa shape index (κ3) is 4.09. The summed E-state index contributed by atoms with van der Waals surface area (Å²) in [4.78, 5) is 2.42. The largest absolute Gasteiger partial charge is 0.317 e. The van der Waals surface area contributed by atoms with Gasteiger partial charge in [-0.05, 0) is 57.5 Å². The zero-order chi connectivity index (χ0) is 13.8. The highest BCUT2D eigenvalue weighted by atomic mass is 35.5. The van der Waals surface area contributed by atoms with Gasteiger partial charge in [0, 0.05) is 28.7 Å². The monoisotopic (exact) mass is 300 g/mol. The Bertz CT molecular complexity index is 415. The molecular weight excluding hydrogens is 279 g/mol. The molecule has 0 saturated heterocycles. The summed E-state index contributed by atoms with van der Waals surface area (Å²) in [7, 11) is 4.25. The minimum absolute atomic E-state index is 0.663. The highest BCUT2D eigenvalue weighted by Crippen LogP contribution is 2.26. The molecule has 0 radical (unpaired) electrons. The predicted octanol–water partition coefficient (Wildman–Crippen LogP) is 3.96. The first kappa shape index (κ1) is 15.1. The van der Waals surface area contributed by atoms with Crippen molar-refractivity contribution >= 4 is 23.2 Å². The van der Waals surface area contributed by atoms with Crippen molar-refractivity contribution in [2.75, 3.05) is 14.1 Å². The molecule has 0 heterocycles. The van der Waals surface area contributed by atoms with E-state index in [4.69, 9.17) is 23.2 Å². The Morgan fingerprint density at radius 1 is 1.21 bits per heavy atom. The highest BCUT2D eigenvalue weighted by molar-refractivity contribution is 6.35. The molecule has 1 N–H and O–H groups in total. The Balaban J connectivity index is 1.92. The molecule has 1 fully saturated rings. The van der Waals surface area contributed by atoms with Crippen LogP contribution >= 0.6 is 23.2 Å². The van der Waals surface area contributed by atoms with Crippen molar-refractivity contribution in [3.8, 4) is 0 Å². The van der Waals surface area contributed by atoms with Crippen LogP contribution < -0.4 is 5.32 Å². The molecule has 1 aromatic rings. The minimum atomic E-state index is 0.663. The number of hydrogen-bond donors (Lipinski definition) is 1. The second-order valence-corrected chi connectivity index (χ2v) is 6.29. The zero-order valence-corrected chi connectivity index (χ0v) is 13.1. The van der Waals surface area contributed by atoms with Gasteiger partial charge in [0.25, 0.3) is 0 Å². The molecule has 1 saturated carbocycles. The topological polar surface area (TPSA) is 15.3 Å². The maximum absolute atomic E-state index is 6.24. The van der Waals surface area contributed by atoms with E-state index in [0.29, 0.717) is 17.1 Å². The number of nitrogens with one attached hydrogen (secondary N) is 1. The first-order valence-electron chi connectivity index (χ1n) is 6.91. The van der Waals surface area contributed by atoms with Gasteiger partial charge < -0.3 is 5.32 Å². The van der Waals surface area contributed by atoms with E-state index < -0.39 is 0 Å². The predicted molar refractivity (Wildman–Crippen MR) is 83.0 cm³/mol. The lowest BCUT2D eigenvalue weighted by molar-refractivity contribution is 0.170. The minimum Gasteiger partial charge on any atom is -0.317 e. The van der Waals surface area contributed by atoms with Crippen LogP contribution in [0.15, 0.2) is 18.2 Å². The molecule has 0 aliphatic heterocycles. The number of nitrogens with zero attached hydrogens (tertiary/aromatic N) is 1. The molecule has 19 heavy (non-hydrogen) atoms. The van der Waals surface area contributed by atoms with Gasteiger partial charge in [0.15, 0.2) is 0 Å². The van der Waals surface area contributed by atoms with Gasteiger partial charge in [0.05, 0.1) is 0 Å². The van der Waals surface area contributed by atoms with Crippen molar-refractivity contribution in [3.63, 3.8) is 0 Å². The lowest BCUT2D eigenvalue weighted by Gasteiger charge is -2.34. The SMILES string of the molecule is CNC1CCC(N(C)Cc2ccc(Cl)cc2Cl)CC1. The molecule has 2 rings (SSSR count). The van der Waals surface area contributed by atoms with Gasteiger partial charge in [-0.2, -0.15) is 0 Å². The van der Waals surface area contributed by atoms with Crippen LogP contribution in [0.3, 0.4) is 0 Å². The van der Waals surface area contributed by atoms with Crippen molar-refractivity contribution in [2.45, 2.75) is 44.3 Å². The molecule has 0 amide bonds. The summed E-state index contributed by atoms with van der Waals surface area (Å²) in [5, 5.41) is 4.84. The highest BCUT2D eigenvalue weighted by Gasteiger charge is 2.23. The molecule has 0 aromatic heterocycles. The maximum atomic E-state index is 6.24. The van der Waals surface area contributed by atoms with Gasteiger partial charge in [-0.1, -0.05) is 29.3 Å². The van der Waals surface area contributed by atoms with Crippen molar-refractivity contribution in [1.29, 1.82) is 0 Å². The van der Waals surface area contributed by atoms with Crippen LogP contribution in [-0.2, 0) is 6.54 Å². The molecule has 0 unspecified atom stereocenters. The van der Waals surface area contributed by atoms with Crippen molar-refractivity contribution < 1.29 is 0 Å². The van der Waals surface area contributed by atoms with Crippen molar-refractivity contribution in [2.24, 2.45) is 0 Å². The maximum Gasteiger partial charge on any atom is 0.0465 e. The quantitative estimate of drug-likeness (QED) is 0.905. The van der Waals surface area contributed by atoms with E-state index in [1.54, 1.807) is 0 Å². The number of benzene rings is 1. The molecule has 0 spiro atoms. The zero-order valence-electron chi connectivity index (χ0n) is 11.6. The summed E-state index contributed by atoms with van der Waals surface area (Å²) < 4.78 is 0. The Labute approximate surface area is 126 Å². The molecule has 1 aliphatic carbocycles. The molecule has 2 nitrogen and oxygen atoms in total. The van der Waals surface area contributed by atoms with Gasteiger partial charge in [0.2, 0.25) is 0 Å². The van der Waals surface area contributed by atoms with E-state index >= 15 is 0 Å². The average Bonchev–Trinajstić information content (AvgIpc) is 2.42. The van der Waals surface area contributed by atoms with Gasteiger partial charge in [-0.25, -0.2) is 0 Å². The summed E-state index contributed by atoms with van der Waals surface area (Å²) in [6, 6.07) is 7.12. The van der Waals surface area contributed by atoms with Crippen LogP contribution in [0.5, 0.6) is 0 Å². The van der Waals surface area contributed by atoms with Crippen molar-refractivity contribution in [3.05, 3.63) is 33.8 Å². The molecule has 106 valence electrons. The average molecular weight is 301 g/mol. The first-order chi connectivity index (χ1) is 9.10. The van der Waals surface area contributed by atoms with Crippen molar-refractivity contribution in [1.82, 2.24) is 10.2 Å². The van der Waals surface area contributed by atoms with E-state index in [0.717, 1.165) is 17.1 Å². The third-order valence-corrected chi connectivity index (χ3v) is 4.75. The fraction of sp³-hybridized carbons (Fsp3) is 0.600. The standard InChI is InChI=1S/C15H22Cl2N2/c1-18-13-5-7-14(8-6-13)19(2)10-11-3-4-12(16)9-15(11)17/h3-4,9,13-14,18H,5-8,10H2,1-2H3. The van der Waals surface area contributed by atoms with Crippen LogP contribution in [0.25, 0.3) is 0 Å². The van der Waals surface area contributed by atoms with E-state index in [-0.39, 0.29) is 0 Å². The second kappa shape index (κ2) is 6.94. The summed E-state index contributed by atoms with van der Waals surface area (Å²) in [6.45, 7) is 0.894. The molecule has 1 aromatic carbocycles. The number of halogens is 2. The van der Waals surface area contributed by atoms with Crippen LogP contribution in [0.2, 0.25) is 10.0 Å². The Hall–Kier alpha value is -0.280. The normalized spacial score (nSPS) is 23.8. The van der Waals surface area contributed by atoms with Crippen LogP contribution in [-0.4, -0.2) is 31.1 Å². The van der Waals surface area contributed by atoms with E-state index in [2.05, 4.69) is 24.3 Å². The summed E-state index contributed by atoms with van der Waals surface area (Å²) >= 11 is 12.2. The van der Waals surface area contributed by atoms with E-state index in [9.17, 15) is 0 Å². The fourth-order valence-corrected chi connectivity index (χ4v) is 3.32. The van der Waals surface area contributed by atoms with E-state index in [1.807, 2.05) is 18.2 Å². The Morgan fingerprint density at radius 3 is 2.47 bits per heavy atom. The molecule has 0 bridgehead atoms. The summed E-state index contributed by atoms with van der Waals surface area (Å²) in [6.07, 6.45) is 5.04. The van der Waals surface area contributed by atoms with Gasteiger partial charge >= 0.3 is 0 Å². The Morgan fingerprint density at radius 2 is 1.89 bits per heavy atom. The fourth-order valence-electron chi connectivity index (χ4n) is 2.85. The van der Waals surface area contributed by atoms with Gasteiger partial charge in [-0.3, -0.25) is 4.90 Å². The third-order valence-electron chi connectivity index (χ3n) is 4.16. The second-order valence-electron chi connectivity index (χ2n) is 5.44. The van der Waals surface area contributed by atoms with Crippen LogP contribution in [0.1, 0.15) is 31.2 Å². The molecule has 1 aliphatic rings. The van der Waals surface area contributed by atoms with Crippen LogP contribution in [0.4, 0.5) is 0 Å². The van der Waals surface area contributed by atoms with Gasteiger partial charge in [0.1, 0.15) is 0 Å². The smallest absolute Gasteiger partial charge is 0.0465 e. The van der Waals surface area contributed by atoms with Crippen LogP contribution in [0, 0.1) is 0 Å². The lowest BCUT2D eigenvalue weighted by atomic mass is 9.90. The van der Waals surface area contributed by atoms with Gasteiger partial charge in [-0.15, -0.1) is 0 Å². The molecule has 4 heteroatoms. The number of rotatable bonds is 4. The molecule has 0 atom stereocenters. The lowest BCUT2D eigenvalue weighted by Crippen LogP contribution is -2.39. The summed E-state index contributed by atoms with van der Waals surface area (Å²) in [5.41, 5.74) is 1.16. The Kier molecular flexibility index (Phi) is 5.52. The van der Waals surface area contributed by atoms with E-state index in [1.165, 1.54) is 25.7 Å². The number of hydrogen-bond acceptors (Lipinski definition) is 2. The summed E-state index contributed by atoms with van der Waals surface area (Å²) in [5.74, 6) is 0.